The van der Waals surface area contributed by atoms with Crippen LogP contribution in [0.15, 0.2) is 12.1 Å². The Morgan fingerprint density at radius 1 is 1.27 bits per heavy atom. The molecule has 116 valence electrons. The summed E-state index contributed by atoms with van der Waals surface area (Å²) in [7, 11) is 0. The lowest BCUT2D eigenvalue weighted by Gasteiger charge is -2.28. The fourth-order valence-corrected chi connectivity index (χ4v) is 3.22. The molecule has 0 N–H and O–H groups in total. The van der Waals surface area contributed by atoms with Crippen molar-refractivity contribution >= 4 is 17.5 Å². The number of fused-ring (bicyclic) bond motifs is 1. The Hall–Kier alpha value is -2.04. The normalized spacial score (nSPS) is 21.7. The zero-order valence-corrected chi connectivity index (χ0v) is 13.0. The van der Waals surface area contributed by atoms with Crippen LogP contribution in [-0.4, -0.2) is 33.4 Å². The number of pyridine rings is 1. The van der Waals surface area contributed by atoms with Crippen LogP contribution in [0.1, 0.15) is 54.9 Å². The van der Waals surface area contributed by atoms with Crippen LogP contribution in [0, 0.1) is 5.92 Å². The molecule has 1 aromatic heterocycles. The lowest BCUT2D eigenvalue weighted by atomic mass is 9.92. The molecule has 1 aliphatic carbocycles. The van der Waals surface area contributed by atoms with Crippen LogP contribution < -0.4 is 0 Å². The second-order valence-electron chi connectivity index (χ2n) is 6.56. The summed E-state index contributed by atoms with van der Waals surface area (Å²) in [4.78, 5) is 42.1. The van der Waals surface area contributed by atoms with E-state index in [1.165, 1.54) is 0 Å². The van der Waals surface area contributed by atoms with Gasteiger partial charge in [0.2, 0.25) is 0 Å². The monoisotopic (exact) mass is 300 g/mol. The fourth-order valence-electron chi connectivity index (χ4n) is 3.22. The Kier molecular flexibility index (Phi) is 3.81. The van der Waals surface area contributed by atoms with Crippen LogP contribution in [0.3, 0.4) is 0 Å². The minimum Gasteiger partial charge on any atom is -0.323 e. The third-order valence-electron chi connectivity index (χ3n) is 4.28. The first-order valence-corrected chi connectivity index (χ1v) is 7.80. The Balaban J connectivity index is 1.81. The zero-order valence-electron chi connectivity index (χ0n) is 13.0. The minimum atomic E-state index is -0.465. The minimum absolute atomic E-state index is 0.0252. The van der Waals surface area contributed by atoms with Gasteiger partial charge in [-0.15, -0.1) is 0 Å². The van der Waals surface area contributed by atoms with Gasteiger partial charge in [-0.05, 0) is 30.9 Å². The molecule has 1 atom stereocenters. The maximum Gasteiger partial charge on any atom is 0.256 e. The summed E-state index contributed by atoms with van der Waals surface area (Å²) in [6, 6.07) is 3.25. The predicted octanol–water partition coefficient (Wildman–Crippen LogP) is 1.93. The SMILES string of the molecule is CC(C)Cc1ccc2c(n1)CN(C1CCC(=O)CC1=O)C2=O. The van der Waals surface area contributed by atoms with Crippen LogP contribution in [0.4, 0.5) is 0 Å². The van der Waals surface area contributed by atoms with Crippen LogP contribution in [0.2, 0.25) is 0 Å². The smallest absolute Gasteiger partial charge is 0.256 e. The molecule has 2 aliphatic rings. The van der Waals surface area contributed by atoms with E-state index in [1.54, 1.807) is 4.90 Å². The number of aromatic nitrogens is 1. The number of nitrogens with zero attached hydrogens (tertiary/aromatic N) is 2. The van der Waals surface area contributed by atoms with Gasteiger partial charge in [-0.1, -0.05) is 13.8 Å². The summed E-state index contributed by atoms with van der Waals surface area (Å²) in [5.41, 5.74) is 2.33. The van der Waals surface area contributed by atoms with Gasteiger partial charge >= 0.3 is 0 Å². The molecule has 0 bridgehead atoms. The van der Waals surface area contributed by atoms with Gasteiger partial charge < -0.3 is 4.90 Å². The van der Waals surface area contributed by atoms with Gasteiger partial charge in [-0.2, -0.15) is 0 Å². The zero-order chi connectivity index (χ0) is 15.9. The van der Waals surface area contributed by atoms with Crippen molar-refractivity contribution in [2.24, 2.45) is 5.92 Å². The first-order chi connectivity index (χ1) is 10.5. The molecule has 1 aromatic rings. The molecule has 1 amide bonds. The average Bonchev–Trinajstić information content (AvgIpc) is 2.75. The molecule has 22 heavy (non-hydrogen) atoms. The topological polar surface area (TPSA) is 67.3 Å². The summed E-state index contributed by atoms with van der Waals surface area (Å²) in [6.45, 7) is 4.64. The molecular weight excluding hydrogens is 280 g/mol. The van der Waals surface area contributed by atoms with Crippen molar-refractivity contribution in [3.8, 4) is 0 Å². The van der Waals surface area contributed by atoms with E-state index in [1.807, 2.05) is 12.1 Å². The van der Waals surface area contributed by atoms with Gasteiger partial charge in [0.15, 0.2) is 5.78 Å². The Bertz CT molecular complexity index is 651. The third kappa shape index (κ3) is 2.67. The number of amides is 1. The first kappa shape index (κ1) is 14.9. The molecule has 5 nitrogen and oxygen atoms in total. The highest BCUT2D eigenvalue weighted by molar-refractivity contribution is 6.07. The standard InChI is InChI=1S/C17H20N2O3/c1-10(2)7-11-3-5-13-14(18-11)9-19(17(13)22)15-6-4-12(20)8-16(15)21/h3,5,10,15H,4,6-9H2,1-2H3. The molecule has 1 fully saturated rings. The highest BCUT2D eigenvalue weighted by Crippen LogP contribution is 2.28. The van der Waals surface area contributed by atoms with Crippen molar-refractivity contribution in [1.29, 1.82) is 0 Å². The van der Waals surface area contributed by atoms with Gasteiger partial charge in [0.25, 0.3) is 5.91 Å². The van der Waals surface area contributed by atoms with E-state index < -0.39 is 6.04 Å². The number of rotatable bonds is 3. The molecule has 5 heteroatoms. The highest BCUT2D eigenvalue weighted by atomic mass is 16.2. The molecule has 3 rings (SSSR count). The van der Waals surface area contributed by atoms with Gasteiger partial charge in [0.1, 0.15) is 5.78 Å². The molecule has 0 radical (unpaired) electrons. The van der Waals surface area contributed by atoms with Crippen molar-refractivity contribution in [2.75, 3.05) is 0 Å². The van der Waals surface area contributed by atoms with Crippen molar-refractivity contribution < 1.29 is 14.4 Å². The maximum atomic E-state index is 12.5. The summed E-state index contributed by atoms with van der Waals surface area (Å²) < 4.78 is 0. The van der Waals surface area contributed by atoms with Crippen LogP contribution in [0.25, 0.3) is 0 Å². The molecule has 0 aromatic carbocycles. The summed E-state index contributed by atoms with van der Waals surface area (Å²) in [5, 5.41) is 0. The lowest BCUT2D eigenvalue weighted by molar-refractivity contribution is -0.133. The lowest BCUT2D eigenvalue weighted by Crippen LogP contribution is -2.44. The highest BCUT2D eigenvalue weighted by Gasteiger charge is 2.39. The number of carbonyl (C=O) groups excluding carboxylic acids is 3. The molecule has 0 saturated heterocycles. The molecule has 2 heterocycles. The Labute approximate surface area is 129 Å². The fraction of sp³-hybridized carbons (Fsp3) is 0.529. The third-order valence-corrected chi connectivity index (χ3v) is 4.28. The summed E-state index contributed by atoms with van der Waals surface area (Å²) >= 11 is 0. The Morgan fingerprint density at radius 3 is 2.73 bits per heavy atom. The second-order valence-corrected chi connectivity index (χ2v) is 6.56. The number of hydrogen-bond acceptors (Lipinski definition) is 4. The molecular formula is C17H20N2O3. The number of Topliss-reactive ketones (excluding diaryl/α,β-unsaturated/α-hetero) is 2. The van der Waals surface area contributed by atoms with Crippen molar-refractivity contribution in [1.82, 2.24) is 9.88 Å². The van der Waals surface area contributed by atoms with Gasteiger partial charge in [0, 0.05) is 12.1 Å². The van der Waals surface area contributed by atoms with E-state index >= 15 is 0 Å². The average molecular weight is 300 g/mol. The number of carbonyl (C=O) groups is 3. The van der Waals surface area contributed by atoms with Crippen molar-refractivity contribution in [3.63, 3.8) is 0 Å². The van der Waals surface area contributed by atoms with Gasteiger partial charge in [0.05, 0.1) is 30.3 Å². The summed E-state index contributed by atoms with van der Waals surface area (Å²) in [5.74, 6) is 0.207. The van der Waals surface area contributed by atoms with Crippen molar-refractivity contribution in [3.05, 3.63) is 29.1 Å². The van der Waals surface area contributed by atoms with E-state index in [0.717, 1.165) is 17.8 Å². The van der Waals surface area contributed by atoms with Crippen LogP contribution >= 0.6 is 0 Å². The molecule has 1 unspecified atom stereocenters. The van der Waals surface area contributed by atoms with E-state index in [9.17, 15) is 14.4 Å². The van der Waals surface area contributed by atoms with Crippen molar-refractivity contribution in [2.45, 2.75) is 52.1 Å². The molecule has 1 saturated carbocycles. The predicted molar refractivity (Wildman–Crippen MR) is 80.3 cm³/mol. The van der Waals surface area contributed by atoms with Gasteiger partial charge in [-0.3, -0.25) is 19.4 Å². The first-order valence-electron chi connectivity index (χ1n) is 7.80. The van der Waals surface area contributed by atoms with E-state index in [4.69, 9.17) is 0 Å². The molecule has 1 aliphatic heterocycles. The second kappa shape index (κ2) is 5.63. The van der Waals surface area contributed by atoms with Crippen LogP contribution in [-0.2, 0) is 22.6 Å². The summed E-state index contributed by atoms with van der Waals surface area (Å²) in [6.07, 6.45) is 1.65. The maximum absolute atomic E-state index is 12.5. The quantitative estimate of drug-likeness (QED) is 0.800. The van der Waals surface area contributed by atoms with Gasteiger partial charge in [-0.25, -0.2) is 0 Å². The van der Waals surface area contributed by atoms with Crippen LogP contribution in [0.5, 0.6) is 0 Å². The van der Waals surface area contributed by atoms with E-state index in [-0.39, 0.29) is 23.9 Å². The molecule has 0 spiro atoms. The Morgan fingerprint density at radius 2 is 2.05 bits per heavy atom. The van der Waals surface area contributed by atoms with E-state index in [0.29, 0.717) is 30.9 Å². The largest absolute Gasteiger partial charge is 0.323 e. The number of hydrogen-bond donors (Lipinski definition) is 0. The van der Waals surface area contributed by atoms with E-state index in [2.05, 4.69) is 18.8 Å². The number of ketones is 2.